The van der Waals surface area contributed by atoms with Crippen molar-refractivity contribution in [3.8, 4) is 0 Å². The van der Waals surface area contributed by atoms with Crippen LogP contribution in [0, 0.1) is 5.82 Å². The largest absolute Gasteiger partial charge is 0.475 e. The van der Waals surface area contributed by atoms with E-state index >= 15 is 0 Å². The first kappa shape index (κ1) is 16.4. The minimum absolute atomic E-state index is 0.0619. The first-order valence-corrected chi connectivity index (χ1v) is 7.37. The maximum atomic E-state index is 14.1. The quantitative estimate of drug-likeness (QED) is 0.749. The Morgan fingerprint density at radius 3 is 2.79 bits per heavy atom. The van der Waals surface area contributed by atoms with Gasteiger partial charge in [0.25, 0.3) is 0 Å². The molecule has 0 bridgehead atoms. The van der Waals surface area contributed by atoms with Gasteiger partial charge in [-0.25, -0.2) is 14.2 Å². The molecule has 0 aliphatic carbocycles. The first-order chi connectivity index (χ1) is 11.3. The fraction of sp³-hybridized carbons (Fsp3) is 0.188. The Bertz CT molecular complexity index is 939. The van der Waals surface area contributed by atoms with Crippen LogP contribution < -0.4 is 0 Å². The number of rotatable bonds is 4. The summed E-state index contributed by atoms with van der Waals surface area (Å²) < 4.78 is 19.3. The lowest BCUT2D eigenvalue weighted by atomic mass is 10.1. The Kier molecular flexibility index (Phi) is 4.21. The van der Waals surface area contributed by atoms with Gasteiger partial charge in [-0.2, -0.15) is 0 Å². The number of aliphatic hydroxyl groups is 1. The number of carboxylic acid groups (broad SMARTS) is 1. The summed E-state index contributed by atoms with van der Waals surface area (Å²) in [5.41, 5.74) is 0.634. The molecule has 3 aromatic rings. The van der Waals surface area contributed by atoms with Crippen LogP contribution in [-0.4, -0.2) is 26.2 Å². The monoisotopic (exact) mass is 350 g/mol. The smallest absolute Gasteiger partial charge is 0.373 e. The number of nitrogens with zero attached hydrogens (tertiary/aromatic N) is 2. The van der Waals surface area contributed by atoms with E-state index in [-0.39, 0.29) is 23.5 Å². The zero-order valence-corrected chi connectivity index (χ0v) is 13.2. The molecular weight excluding hydrogens is 339 g/mol. The summed E-state index contributed by atoms with van der Waals surface area (Å²) in [6.45, 7) is 1.39. The molecule has 3 rings (SSSR count). The molecule has 8 heteroatoms. The number of aromatic carboxylic acids is 1. The molecule has 0 aliphatic rings. The first-order valence-electron chi connectivity index (χ1n) is 7.00. The minimum Gasteiger partial charge on any atom is -0.475 e. The third kappa shape index (κ3) is 3.08. The highest BCUT2D eigenvalue weighted by Crippen LogP contribution is 2.24. The van der Waals surface area contributed by atoms with Crippen molar-refractivity contribution in [2.75, 3.05) is 0 Å². The summed E-state index contributed by atoms with van der Waals surface area (Å²) in [4.78, 5) is 19.1. The standard InChI is InChI=1S/C16H12ClFN2O4/c1-7(21)13-15(16(22)23)24-12(20-13)4-8-2-9-5-10(17)6-19-14(9)11(18)3-8/h2-3,5-7,21H,4H2,1H3,(H,22,23). The number of fused-ring (bicyclic) bond motifs is 1. The number of oxazole rings is 1. The van der Waals surface area contributed by atoms with E-state index in [4.69, 9.17) is 21.1 Å². The number of hydrogen-bond donors (Lipinski definition) is 2. The van der Waals surface area contributed by atoms with Gasteiger partial charge >= 0.3 is 5.97 Å². The Morgan fingerprint density at radius 1 is 1.42 bits per heavy atom. The van der Waals surface area contributed by atoms with Crippen molar-refractivity contribution < 1.29 is 23.8 Å². The molecule has 1 aromatic carbocycles. The SMILES string of the molecule is CC(O)c1nc(Cc2cc(F)c3ncc(Cl)cc3c2)oc1C(=O)O. The molecule has 0 saturated heterocycles. The maximum Gasteiger partial charge on any atom is 0.373 e. The van der Waals surface area contributed by atoms with Crippen LogP contribution in [0.15, 0.2) is 28.8 Å². The molecule has 124 valence electrons. The normalized spacial score (nSPS) is 12.5. The van der Waals surface area contributed by atoms with Gasteiger partial charge in [0.2, 0.25) is 5.76 Å². The van der Waals surface area contributed by atoms with Crippen LogP contribution in [0.4, 0.5) is 4.39 Å². The zero-order chi connectivity index (χ0) is 17.4. The molecule has 0 spiro atoms. The van der Waals surface area contributed by atoms with Gasteiger partial charge in [-0.3, -0.25) is 4.98 Å². The van der Waals surface area contributed by atoms with Crippen molar-refractivity contribution in [3.63, 3.8) is 0 Å². The summed E-state index contributed by atoms with van der Waals surface area (Å²) in [6, 6.07) is 4.52. The van der Waals surface area contributed by atoms with E-state index in [9.17, 15) is 14.3 Å². The van der Waals surface area contributed by atoms with Crippen LogP contribution in [0.2, 0.25) is 5.02 Å². The number of halogens is 2. The molecule has 0 saturated carbocycles. The third-order valence-electron chi connectivity index (χ3n) is 3.41. The van der Waals surface area contributed by atoms with Crippen molar-refractivity contribution >= 4 is 28.5 Å². The van der Waals surface area contributed by atoms with E-state index in [1.54, 1.807) is 12.1 Å². The van der Waals surface area contributed by atoms with Gasteiger partial charge in [-0.1, -0.05) is 11.6 Å². The van der Waals surface area contributed by atoms with Gasteiger partial charge in [0.15, 0.2) is 5.89 Å². The molecule has 2 aromatic heterocycles. The van der Waals surface area contributed by atoms with E-state index in [0.717, 1.165) is 0 Å². The van der Waals surface area contributed by atoms with Gasteiger partial charge in [-0.15, -0.1) is 0 Å². The Morgan fingerprint density at radius 2 is 2.17 bits per heavy atom. The summed E-state index contributed by atoms with van der Waals surface area (Å²) in [5, 5.41) is 19.5. The predicted molar refractivity (Wildman–Crippen MR) is 83.6 cm³/mol. The molecule has 0 fully saturated rings. The molecule has 6 nitrogen and oxygen atoms in total. The van der Waals surface area contributed by atoms with Crippen molar-refractivity contribution in [3.05, 3.63) is 58.1 Å². The molecule has 1 atom stereocenters. The van der Waals surface area contributed by atoms with E-state index in [1.165, 1.54) is 19.2 Å². The lowest BCUT2D eigenvalue weighted by molar-refractivity contribution is 0.0651. The Balaban J connectivity index is 2.01. The summed E-state index contributed by atoms with van der Waals surface area (Å²) in [5.74, 6) is -2.21. The van der Waals surface area contributed by atoms with Crippen molar-refractivity contribution in [1.82, 2.24) is 9.97 Å². The number of carbonyl (C=O) groups is 1. The summed E-state index contributed by atoms with van der Waals surface area (Å²) in [6.07, 6.45) is 0.325. The van der Waals surface area contributed by atoms with E-state index in [0.29, 0.717) is 16.0 Å². The van der Waals surface area contributed by atoms with Gasteiger partial charge < -0.3 is 14.6 Å². The number of aromatic nitrogens is 2. The maximum absolute atomic E-state index is 14.1. The second kappa shape index (κ2) is 6.18. The van der Waals surface area contributed by atoms with E-state index < -0.39 is 23.7 Å². The molecular formula is C16H12ClFN2O4. The molecule has 0 aliphatic heterocycles. The number of hydrogen-bond acceptors (Lipinski definition) is 5. The van der Waals surface area contributed by atoms with Crippen LogP contribution in [0.5, 0.6) is 0 Å². The van der Waals surface area contributed by atoms with Crippen LogP contribution in [0.1, 0.15) is 40.7 Å². The van der Waals surface area contributed by atoms with Crippen LogP contribution in [-0.2, 0) is 6.42 Å². The summed E-state index contributed by atoms with van der Waals surface area (Å²) in [7, 11) is 0. The van der Waals surface area contributed by atoms with Crippen molar-refractivity contribution in [1.29, 1.82) is 0 Å². The van der Waals surface area contributed by atoms with Gasteiger partial charge in [-0.05, 0) is 30.7 Å². The Hall–Kier alpha value is -2.51. The van der Waals surface area contributed by atoms with Crippen molar-refractivity contribution in [2.45, 2.75) is 19.4 Å². The average Bonchev–Trinajstić information content (AvgIpc) is 2.91. The van der Waals surface area contributed by atoms with E-state index in [2.05, 4.69) is 9.97 Å². The predicted octanol–water partition coefficient (Wildman–Crippen LogP) is 3.36. The van der Waals surface area contributed by atoms with Crippen LogP contribution in [0.3, 0.4) is 0 Å². The lowest BCUT2D eigenvalue weighted by Gasteiger charge is -2.03. The molecule has 0 radical (unpaired) electrons. The Labute approximate surface area is 140 Å². The molecule has 24 heavy (non-hydrogen) atoms. The number of pyridine rings is 1. The van der Waals surface area contributed by atoms with Crippen LogP contribution in [0.25, 0.3) is 10.9 Å². The highest BCUT2D eigenvalue weighted by atomic mass is 35.5. The number of carboxylic acids is 1. The minimum atomic E-state index is -1.33. The van der Waals surface area contributed by atoms with Crippen molar-refractivity contribution in [2.24, 2.45) is 0 Å². The highest BCUT2D eigenvalue weighted by molar-refractivity contribution is 6.31. The third-order valence-corrected chi connectivity index (χ3v) is 3.61. The molecule has 2 heterocycles. The average molecular weight is 351 g/mol. The topological polar surface area (TPSA) is 96.5 Å². The molecule has 0 amide bonds. The highest BCUT2D eigenvalue weighted by Gasteiger charge is 2.23. The lowest BCUT2D eigenvalue weighted by Crippen LogP contribution is -2.02. The number of benzene rings is 1. The van der Waals surface area contributed by atoms with E-state index in [1.807, 2.05) is 0 Å². The second-order valence-corrected chi connectivity index (χ2v) is 5.72. The zero-order valence-electron chi connectivity index (χ0n) is 12.5. The fourth-order valence-corrected chi connectivity index (χ4v) is 2.57. The summed E-state index contributed by atoms with van der Waals surface area (Å²) >= 11 is 5.87. The number of aliphatic hydroxyl groups excluding tert-OH is 1. The second-order valence-electron chi connectivity index (χ2n) is 5.28. The molecule has 2 N–H and O–H groups in total. The van der Waals surface area contributed by atoms with Crippen LogP contribution >= 0.6 is 11.6 Å². The van der Waals surface area contributed by atoms with Gasteiger partial charge in [0, 0.05) is 18.0 Å². The van der Waals surface area contributed by atoms with Gasteiger partial charge in [0.05, 0.1) is 11.1 Å². The van der Waals surface area contributed by atoms with Gasteiger partial charge in [0.1, 0.15) is 17.0 Å². The molecule has 1 unspecified atom stereocenters. The fourth-order valence-electron chi connectivity index (χ4n) is 2.40.